The fourth-order valence-electron chi connectivity index (χ4n) is 3.27. The monoisotopic (exact) mass is 412 g/mol. The summed E-state index contributed by atoms with van der Waals surface area (Å²) in [5.41, 5.74) is 2.10. The van der Waals surface area contributed by atoms with Gasteiger partial charge in [0.2, 0.25) is 5.91 Å². The fraction of sp³-hybridized carbons (Fsp3) is 0.500. The van der Waals surface area contributed by atoms with E-state index in [0.29, 0.717) is 12.5 Å². The second-order valence-electron chi connectivity index (χ2n) is 7.73. The fourth-order valence-corrected chi connectivity index (χ4v) is 3.27. The largest absolute Gasteiger partial charge is 0.376 e. The third kappa shape index (κ3) is 6.32. The lowest BCUT2D eigenvalue weighted by molar-refractivity contribution is -0.127. The number of hydrogen-bond acceptors (Lipinski definition) is 4. The predicted octanol–water partition coefficient (Wildman–Crippen LogP) is 2.13. The molecule has 1 aliphatic rings. The highest BCUT2D eigenvalue weighted by Crippen LogP contribution is 2.17. The number of benzene rings is 1. The van der Waals surface area contributed by atoms with Crippen LogP contribution in [0, 0.1) is 0 Å². The van der Waals surface area contributed by atoms with E-state index in [2.05, 4.69) is 39.8 Å². The van der Waals surface area contributed by atoms with Gasteiger partial charge < -0.3 is 20.3 Å². The molecule has 8 nitrogen and oxygen atoms in total. The van der Waals surface area contributed by atoms with E-state index < -0.39 is 0 Å². The van der Waals surface area contributed by atoms with E-state index in [1.54, 1.807) is 25.2 Å². The highest BCUT2D eigenvalue weighted by atomic mass is 16.5. The Kier molecular flexibility index (Phi) is 7.84. The van der Waals surface area contributed by atoms with Crippen molar-refractivity contribution in [1.29, 1.82) is 0 Å². The average molecular weight is 413 g/mol. The smallest absolute Gasteiger partial charge is 0.243 e. The van der Waals surface area contributed by atoms with Crippen molar-refractivity contribution in [3.63, 3.8) is 0 Å². The number of hydrogen-bond donors (Lipinski definition) is 2. The Bertz CT molecular complexity index is 828. The number of amides is 1. The minimum absolute atomic E-state index is 0.00602. The molecular formula is C22H32N6O2. The van der Waals surface area contributed by atoms with Crippen molar-refractivity contribution in [2.75, 3.05) is 33.8 Å². The molecule has 0 spiro atoms. The number of nitrogens with one attached hydrogen (secondary N) is 2. The first kappa shape index (κ1) is 21.8. The number of aliphatic imine (C=N–C) groups is 1. The first-order valence-corrected chi connectivity index (χ1v) is 10.5. The topological polar surface area (TPSA) is 83.8 Å². The van der Waals surface area contributed by atoms with Gasteiger partial charge in [0.05, 0.1) is 17.8 Å². The third-order valence-corrected chi connectivity index (χ3v) is 5.13. The van der Waals surface area contributed by atoms with Crippen LogP contribution in [0.1, 0.15) is 37.8 Å². The zero-order valence-electron chi connectivity index (χ0n) is 18.0. The van der Waals surface area contributed by atoms with E-state index in [9.17, 15) is 4.79 Å². The molecule has 0 radical (unpaired) electrons. The Morgan fingerprint density at radius 3 is 2.93 bits per heavy atom. The van der Waals surface area contributed by atoms with Gasteiger partial charge in [-0.25, -0.2) is 9.67 Å². The van der Waals surface area contributed by atoms with Crippen LogP contribution >= 0.6 is 0 Å². The molecule has 8 heteroatoms. The molecule has 1 amide bonds. The van der Waals surface area contributed by atoms with Crippen LogP contribution in [0.3, 0.4) is 0 Å². The van der Waals surface area contributed by atoms with Gasteiger partial charge in [0.1, 0.15) is 6.54 Å². The van der Waals surface area contributed by atoms with Gasteiger partial charge in [-0.3, -0.25) is 4.79 Å². The van der Waals surface area contributed by atoms with Crippen LogP contribution in [0.2, 0.25) is 0 Å². The van der Waals surface area contributed by atoms with E-state index in [0.717, 1.165) is 30.7 Å². The molecule has 0 saturated carbocycles. The van der Waals surface area contributed by atoms with E-state index >= 15 is 0 Å². The van der Waals surface area contributed by atoms with Crippen molar-refractivity contribution in [2.45, 2.75) is 38.3 Å². The summed E-state index contributed by atoms with van der Waals surface area (Å²) in [6, 6.07) is 10.1. The molecule has 2 aromatic rings. The summed E-state index contributed by atoms with van der Waals surface area (Å²) < 4.78 is 7.64. The van der Waals surface area contributed by atoms with Gasteiger partial charge in [-0.05, 0) is 49.9 Å². The number of aromatic nitrogens is 2. The SMILES string of the molecule is CC(NC(=NCC(=O)N(C)C)NCC1CCCCO1)c1cccc(-n2cccn2)c1. The molecule has 0 bridgehead atoms. The van der Waals surface area contributed by atoms with E-state index in [1.165, 1.54) is 6.42 Å². The zero-order valence-corrected chi connectivity index (χ0v) is 18.0. The van der Waals surface area contributed by atoms with E-state index in [4.69, 9.17) is 4.74 Å². The Hall–Kier alpha value is -2.87. The molecule has 1 aliphatic heterocycles. The molecule has 1 aromatic carbocycles. The summed E-state index contributed by atoms with van der Waals surface area (Å²) in [5, 5.41) is 11.1. The second kappa shape index (κ2) is 10.8. The van der Waals surface area contributed by atoms with Gasteiger partial charge in [0, 0.05) is 39.6 Å². The van der Waals surface area contributed by atoms with Gasteiger partial charge in [-0.15, -0.1) is 0 Å². The summed E-state index contributed by atoms with van der Waals surface area (Å²) in [4.78, 5) is 18.1. The molecule has 1 saturated heterocycles. The maximum absolute atomic E-state index is 12.0. The van der Waals surface area contributed by atoms with Crippen molar-refractivity contribution in [1.82, 2.24) is 25.3 Å². The minimum atomic E-state index is -0.0432. The van der Waals surface area contributed by atoms with Crippen LogP contribution in [-0.2, 0) is 9.53 Å². The first-order chi connectivity index (χ1) is 14.5. The number of ether oxygens (including phenoxy) is 1. The van der Waals surface area contributed by atoms with Crippen LogP contribution < -0.4 is 10.6 Å². The number of carbonyl (C=O) groups excluding carboxylic acids is 1. The standard InChI is InChI=1S/C22H32N6O2/c1-17(18-8-6-9-19(14-18)28-12-7-11-25-28)26-22(24-16-21(29)27(2)3)23-15-20-10-4-5-13-30-20/h6-9,11-12,14,17,20H,4-5,10,13,15-16H2,1-3H3,(H2,23,24,26). The maximum Gasteiger partial charge on any atom is 0.243 e. The van der Waals surface area contributed by atoms with Crippen molar-refractivity contribution >= 4 is 11.9 Å². The lowest BCUT2D eigenvalue weighted by atomic mass is 10.1. The number of likely N-dealkylation sites (N-methyl/N-ethyl adjacent to an activating group) is 1. The van der Waals surface area contributed by atoms with Crippen LogP contribution in [0.5, 0.6) is 0 Å². The van der Waals surface area contributed by atoms with Crippen molar-refractivity contribution in [2.24, 2.45) is 4.99 Å². The molecule has 2 heterocycles. The molecule has 0 aliphatic carbocycles. The Morgan fingerprint density at radius 1 is 1.37 bits per heavy atom. The summed E-state index contributed by atoms with van der Waals surface area (Å²) >= 11 is 0. The summed E-state index contributed by atoms with van der Waals surface area (Å²) in [5.74, 6) is 0.565. The van der Waals surface area contributed by atoms with Crippen LogP contribution in [0.25, 0.3) is 5.69 Å². The van der Waals surface area contributed by atoms with Gasteiger partial charge in [-0.2, -0.15) is 5.10 Å². The number of rotatable bonds is 7. The quantitative estimate of drug-likeness (QED) is 0.538. The molecular weight excluding hydrogens is 380 g/mol. The van der Waals surface area contributed by atoms with Crippen molar-refractivity contribution < 1.29 is 9.53 Å². The summed E-state index contributed by atoms with van der Waals surface area (Å²) in [7, 11) is 3.47. The van der Waals surface area contributed by atoms with Gasteiger partial charge in [-0.1, -0.05) is 12.1 Å². The van der Waals surface area contributed by atoms with Crippen LogP contribution in [-0.4, -0.2) is 66.4 Å². The first-order valence-electron chi connectivity index (χ1n) is 10.5. The Morgan fingerprint density at radius 2 is 2.23 bits per heavy atom. The lowest BCUT2D eigenvalue weighted by Gasteiger charge is -2.25. The number of carbonyl (C=O) groups is 1. The van der Waals surface area contributed by atoms with Gasteiger partial charge >= 0.3 is 0 Å². The van der Waals surface area contributed by atoms with Crippen molar-refractivity contribution in [3.05, 3.63) is 48.3 Å². The molecule has 2 unspecified atom stereocenters. The molecule has 3 rings (SSSR count). The zero-order chi connectivity index (χ0) is 21.3. The predicted molar refractivity (Wildman–Crippen MR) is 118 cm³/mol. The minimum Gasteiger partial charge on any atom is -0.376 e. The van der Waals surface area contributed by atoms with Crippen LogP contribution in [0.4, 0.5) is 0 Å². The molecule has 1 fully saturated rings. The van der Waals surface area contributed by atoms with Gasteiger partial charge in [0.25, 0.3) is 0 Å². The third-order valence-electron chi connectivity index (χ3n) is 5.13. The Labute approximate surface area is 178 Å². The molecule has 162 valence electrons. The summed E-state index contributed by atoms with van der Waals surface area (Å²) in [6.07, 6.45) is 7.20. The molecule has 2 atom stereocenters. The number of nitrogens with zero attached hydrogens (tertiary/aromatic N) is 4. The Balaban J connectivity index is 1.68. The maximum atomic E-state index is 12.0. The second-order valence-corrected chi connectivity index (χ2v) is 7.73. The van der Waals surface area contributed by atoms with E-state index in [1.807, 2.05) is 29.1 Å². The molecule has 30 heavy (non-hydrogen) atoms. The lowest BCUT2D eigenvalue weighted by Crippen LogP contribution is -2.44. The molecule has 2 N–H and O–H groups in total. The summed E-state index contributed by atoms with van der Waals surface area (Å²) in [6.45, 7) is 3.64. The average Bonchev–Trinajstić information content (AvgIpc) is 3.31. The highest BCUT2D eigenvalue weighted by molar-refractivity contribution is 5.85. The normalized spacial score (nSPS) is 18.0. The van der Waals surface area contributed by atoms with Crippen molar-refractivity contribution in [3.8, 4) is 5.69 Å². The molecule has 1 aromatic heterocycles. The number of guanidine groups is 1. The van der Waals surface area contributed by atoms with Gasteiger partial charge in [0.15, 0.2) is 5.96 Å². The van der Waals surface area contributed by atoms with Crippen LogP contribution in [0.15, 0.2) is 47.7 Å². The van der Waals surface area contributed by atoms with E-state index in [-0.39, 0.29) is 24.6 Å². The highest BCUT2D eigenvalue weighted by Gasteiger charge is 2.16.